The number of anilines is 1. The van der Waals surface area contributed by atoms with Gasteiger partial charge in [0.2, 0.25) is 11.8 Å². The molecular weight excluding hydrogens is 358 g/mol. The number of hydrogen-bond acceptors (Lipinski definition) is 3. The third-order valence-electron chi connectivity index (χ3n) is 4.19. The number of hydrogen-bond donors (Lipinski definition) is 2. The topological polar surface area (TPSA) is 61.4 Å². The van der Waals surface area contributed by atoms with Gasteiger partial charge in [-0.1, -0.05) is 15.9 Å². The summed E-state index contributed by atoms with van der Waals surface area (Å²) in [6.45, 7) is 4.95. The molecule has 0 radical (unpaired) electrons. The van der Waals surface area contributed by atoms with Gasteiger partial charge in [-0.25, -0.2) is 0 Å². The molecule has 2 atom stereocenters. The second kappa shape index (κ2) is 7.93. The number of carbonyl (C=O) groups is 2. The minimum absolute atomic E-state index is 0.0125. The molecule has 126 valence electrons. The highest BCUT2D eigenvalue weighted by atomic mass is 79.9. The Morgan fingerprint density at radius 2 is 2.17 bits per heavy atom. The summed E-state index contributed by atoms with van der Waals surface area (Å²) in [5, 5.41) is 6.20. The predicted octanol–water partition coefficient (Wildman–Crippen LogP) is 2.54. The van der Waals surface area contributed by atoms with Gasteiger partial charge in [0, 0.05) is 29.2 Å². The molecule has 0 saturated carbocycles. The van der Waals surface area contributed by atoms with Crippen molar-refractivity contribution in [1.82, 2.24) is 10.2 Å². The Kier molecular flexibility index (Phi) is 6.18. The van der Waals surface area contributed by atoms with E-state index >= 15 is 0 Å². The van der Waals surface area contributed by atoms with Crippen LogP contribution in [0.25, 0.3) is 0 Å². The van der Waals surface area contributed by atoms with E-state index in [9.17, 15) is 9.59 Å². The van der Waals surface area contributed by atoms with Gasteiger partial charge < -0.3 is 15.5 Å². The van der Waals surface area contributed by atoms with Crippen LogP contribution in [0.3, 0.4) is 0 Å². The van der Waals surface area contributed by atoms with E-state index < -0.39 is 0 Å². The molecule has 1 aliphatic rings. The predicted molar refractivity (Wildman–Crippen MR) is 95.3 cm³/mol. The Labute approximate surface area is 145 Å². The van der Waals surface area contributed by atoms with Crippen molar-refractivity contribution in [2.24, 2.45) is 5.92 Å². The minimum Gasteiger partial charge on any atom is -0.336 e. The molecule has 0 spiro atoms. The van der Waals surface area contributed by atoms with Crippen LogP contribution in [-0.2, 0) is 9.59 Å². The molecule has 2 rings (SSSR count). The minimum atomic E-state index is -0.173. The van der Waals surface area contributed by atoms with Crippen LogP contribution in [0, 0.1) is 12.8 Å². The fourth-order valence-electron chi connectivity index (χ4n) is 2.92. The molecular formula is C17H24BrN3O2. The van der Waals surface area contributed by atoms with E-state index in [2.05, 4.69) is 33.5 Å². The number of likely N-dealkylation sites (N-methyl/N-ethyl adjacent to an activating group) is 1. The Balaban J connectivity index is 1.90. The zero-order valence-corrected chi connectivity index (χ0v) is 15.4. The highest BCUT2D eigenvalue weighted by Gasteiger charge is 2.27. The van der Waals surface area contributed by atoms with Crippen LogP contribution >= 0.6 is 15.9 Å². The van der Waals surface area contributed by atoms with Crippen molar-refractivity contribution >= 4 is 33.4 Å². The average molecular weight is 382 g/mol. The van der Waals surface area contributed by atoms with Gasteiger partial charge in [0.05, 0.1) is 6.54 Å². The molecule has 0 aromatic heterocycles. The van der Waals surface area contributed by atoms with E-state index in [1.54, 1.807) is 7.05 Å². The summed E-state index contributed by atoms with van der Waals surface area (Å²) in [6.07, 6.45) is 1.66. The second-order valence-corrected chi connectivity index (χ2v) is 7.19. The fourth-order valence-corrected chi connectivity index (χ4v) is 3.39. The molecule has 1 saturated heterocycles. The van der Waals surface area contributed by atoms with Crippen molar-refractivity contribution in [3.8, 4) is 0 Å². The first-order valence-electron chi connectivity index (χ1n) is 7.91. The average Bonchev–Trinajstić information content (AvgIpc) is 2.49. The van der Waals surface area contributed by atoms with Crippen molar-refractivity contribution in [3.63, 3.8) is 0 Å². The quantitative estimate of drug-likeness (QED) is 0.842. The number of rotatable bonds is 4. The van der Waals surface area contributed by atoms with Crippen LogP contribution in [0.2, 0.25) is 0 Å². The zero-order chi connectivity index (χ0) is 17.0. The van der Waals surface area contributed by atoms with Gasteiger partial charge in [-0.15, -0.1) is 0 Å². The normalized spacial score (nSPS) is 20.9. The van der Waals surface area contributed by atoms with Crippen molar-refractivity contribution < 1.29 is 9.59 Å². The lowest BCUT2D eigenvalue weighted by Gasteiger charge is -2.30. The van der Waals surface area contributed by atoms with Crippen LogP contribution in [-0.4, -0.2) is 42.9 Å². The molecule has 2 N–H and O–H groups in total. The molecule has 2 amide bonds. The lowest BCUT2D eigenvalue weighted by Crippen LogP contribution is -2.44. The van der Waals surface area contributed by atoms with Crippen LogP contribution in [0.1, 0.15) is 25.3 Å². The molecule has 1 fully saturated rings. The summed E-state index contributed by atoms with van der Waals surface area (Å²) in [4.78, 5) is 26.2. The Morgan fingerprint density at radius 1 is 1.43 bits per heavy atom. The van der Waals surface area contributed by atoms with Gasteiger partial charge in [0.15, 0.2) is 0 Å². The highest BCUT2D eigenvalue weighted by Crippen LogP contribution is 2.21. The zero-order valence-electron chi connectivity index (χ0n) is 13.9. The lowest BCUT2D eigenvalue weighted by atomic mass is 9.92. The summed E-state index contributed by atoms with van der Waals surface area (Å²) < 4.78 is 0.973. The first-order chi connectivity index (χ1) is 10.9. The fraction of sp³-hybridized carbons (Fsp3) is 0.529. The molecule has 5 nitrogen and oxygen atoms in total. The van der Waals surface area contributed by atoms with E-state index in [0.717, 1.165) is 35.1 Å². The SMILES string of the molecule is Cc1cc(Br)ccc1NC(=O)CN(C)C(=O)[C@H]1CCN[C@@H](C)C1. The lowest BCUT2D eigenvalue weighted by molar-refractivity contribution is -0.137. The van der Waals surface area contributed by atoms with Crippen molar-refractivity contribution in [2.75, 3.05) is 25.5 Å². The molecule has 1 aliphatic heterocycles. The number of benzene rings is 1. The van der Waals surface area contributed by atoms with E-state index in [-0.39, 0.29) is 24.3 Å². The third kappa shape index (κ3) is 5.04. The van der Waals surface area contributed by atoms with Gasteiger partial charge in [-0.2, -0.15) is 0 Å². The molecule has 0 aliphatic carbocycles. The number of amides is 2. The summed E-state index contributed by atoms with van der Waals surface area (Å²) in [5.74, 6) is -0.104. The molecule has 1 aromatic carbocycles. The summed E-state index contributed by atoms with van der Waals surface area (Å²) in [6, 6.07) is 6.04. The van der Waals surface area contributed by atoms with Gasteiger partial charge >= 0.3 is 0 Å². The van der Waals surface area contributed by atoms with Gasteiger partial charge in [-0.05, 0) is 57.0 Å². The highest BCUT2D eigenvalue weighted by molar-refractivity contribution is 9.10. The van der Waals surface area contributed by atoms with E-state index in [0.29, 0.717) is 6.04 Å². The molecule has 0 bridgehead atoms. The largest absolute Gasteiger partial charge is 0.336 e. The Morgan fingerprint density at radius 3 is 2.83 bits per heavy atom. The number of nitrogens with one attached hydrogen (secondary N) is 2. The maximum Gasteiger partial charge on any atom is 0.243 e. The molecule has 1 aromatic rings. The van der Waals surface area contributed by atoms with Crippen LogP contribution < -0.4 is 10.6 Å². The number of piperidine rings is 1. The molecule has 0 unspecified atom stereocenters. The van der Waals surface area contributed by atoms with Crippen LogP contribution in [0.15, 0.2) is 22.7 Å². The standard InChI is InChI=1S/C17H24BrN3O2/c1-11-8-14(18)4-5-15(11)20-16(22)10-21(3)17(23)13-6-7-19-12(2)9-13/h4-5,8,12-13,19H,6-7,9-10H2,1-3H3,(H,20,22)/t12-,13-/m0/s1. The van der Waals surface area contributed by atoms with Gasteiger partial charge in [-0.3, -0.25) is 9.59 Å². The van der Waals surface area contributed by atoms with Gasteiger partial charge in [0.1, 0.15) is 0 Å². The summed E-state index contributed by atoms with van der Waals surface area (Å²) in [7, 11) is 1.70. The molecule has 23 heavy (non-hydrogen) atoms. The third-order valence-corrected chi connectivity index (χ3v) is 4.69. The van der Waals surface area contributed by atoms with Crippen molar-refractivity contribution in [3.05, 3.63) is 28.2 Å². The maximum absolute atomic E-state index is 12.5. The number of carbonyl (C=O) groups excluding carboxylic acids is 2. The van der Waals surface area contributed by atoms with Crippen LogP contribution in [0.5, 0.6) is 0 Å². The second-order valence-electron chi connectivity index (χ2n) is 6.28. The smallest absolute Gasteiger partial charge is 0.243 e. The van der Waals surface area contributed by atoms with E-state index in [4.69, 9.17) is 0 Å². The number of aryl methyl sites for hydroxylation is 1. The van der Waals surface area contributed by atoms with Crippen molar-refractivity contribution in [2.45, 2.75) is 32.7 Å². The first-order valence-corrected chi connectivity index (χ1v) is 8.70. The first kappa shape index (κ1) is 17.9. The Bertz CT molecular complexity index is 591. The Hall–Kier alpha value is -1.40. The molecule has 1 heterocycles. The number of nitrogens with zero attached hydrogens (tertiary/aromatic N) is 1. The number of halogens is 1. The summed E-state index contributed by atoms with van der Waals surface area (Å²) >= 11 is 3.40. The van der Waals surface area contributed by atoms with Gasteiger partial charge in [0.25, 0.3) is 0 Å². The van der Waals surface area contributed by atoms with E-state index in [1.165, 1.54) is 4.90 Å². The van der Waals surface area contributed by atoms with Crippen molar-refractivity contribution in [1.29, 1.82) is 0 Å². The maximum atomic E-state index is 12.5. The van der Waals surface area contributed by atoms with E-state index in [1.807, 2.05) is 25.1 Å². The van der Waals surface area contributed by atoms with Crippen LogP contribution in [0.4, 0.5) is 5.69 Å². The molecule has 6 heteroatoms. The monoisotopic (exact) mass is 381 g/mol. The summed E-state index contributed by atoms with van der Waals surface area (Å²) in [5.41, 5.74) is 1.75.